The predicted octanol–water partition coefficient (Wildman–Crippen LogP) is 1.75. The van der Waals surface area contributed by atoms with Crippen LogP contribution in [-0.2, 0) is 6.54 Å². The first-order valence-corrected chi connectivity index (χ1v) is 5.94. The first-order chi connectivity index (χ1) is 7.61. The van der Waals surface area contributed by atoms with Crippen LogP contribution < -0.4 is 5.32 Å². The maximum absolute atomic E-state index is 4.48. The molecule has 2 rings (SSSR count). The topological polar surface area (TPSA) is 55.6 Å². The highest BCUT2D eigenvalue weighted by Gasteiger charge is 2.10. The molecule has 5 nitrogen and oxygen atoms in total. The van der Waals surface area contributed by atoms with Gasteiger partial charge in [0.2, 0.25) is 5.13 Å². The largest absolute Gasteiger partial charge is 0.363 e. The standard InChI is InChI=1S/C10H15N5S/c1-6-7(2)14-15(8(6)3)5-9-12-13-10(11-4)16-9/h5H2,1-4H3,(H,11,13). The van der Waals surface area contributed by atoms with Gasteiger partial charge in [-0.05, 0) is 26.3 Å². The second-order valence-corrected chi connectivity index (χ2v) is 4.77. The van der Waals surface area contributed by atoms with Crippen LogP contribution in [0, 0.1) is 20.8 Å². The Morgan fingerprint density at radius 2 is 2.00 bits per heavy atom. The number of nitrogens with one attached hydrogen (secondary N) is 1. The number of aryl methyl sites for hydroxylation is 1. The van der Waals surface area contributed by atoms with Crippen LogP contribution in [0.1, 0.15) is 22.0 Å². The number of aromatic nitrogens is 4. The Balaban J connectivity index is 2.23. The van der Waals surface area contributed by atoms with Crippen molar-refractivity contribution in [2.45, 2.75) is 27.3 Å². The van der Waals surface area contributed by atoms with Crippen molar-refractivity contribution < 1.29 is 0 Å². The summed E-state index contributed by atoms with van der Waals surface area (Å²) in [6.07, 6.45) is 0. The van der Waals surface area contributed by atoms with Crippen molar-refractivity contribution in [3.05, 3.63) is 22.0 Å². The van der Waals surface area contributed by atoms with Crippen molar-refractivity contribution in [1.29, 1.82) is 0 Å². The van der Waals surface area contributed by atoms with Gasteiger partial charge >= 0.3 is 0 Å². The van der Waals surface area contributed by atoms with Crippen LogP contribution in [0.3, 0.4) is 0 Å². The van der Waals surface area contributed by atoms with Crippen molar-refractivity contribution in [2.24, 2.45) is 0 Å². The van der Waals surface area contributed by atoms with E-state index in [0.29, 0.717) is 6.54 Å². The van der Waals surface area contributed by atoms with Crippen molar-refractivity contribution in [3.8, 4) is 0 Å². The van der Waals surface area contributed by atoms with E-state index >= 15 is 0 Å². The van der Waals surface area contributed by atoms with Gasteiger partial charge in [-0.2, -0.15) is 5.10 Å². The van der Waals surface area contributed by atoms with Crippen LogP contribution in [0.15, 0.2) is 0 Å². The molecule has 2 aromatic heterocycles. The maximum Gasteiger partial charge on any atom is 0.205 e. The zero-order valence-corrected chi connectivity index (χ0v) is 10.7. The summed E-state index contributed by atoms with van der Waals surface area (Å²) in [5.41, 5.74) is 3.52. The summed E-state index contributed by atoms with van der Waals surface area (Å²) in [5, 5.41) is 17.4. The molecule has 6 heteroatoms. The minimum atomic E-state index is 0.694. The van der Waals surface area contributed by atoms with Crippen LogP contribution >= 0.6 is 11.3 Å². The van der Waals surface area contributed by atoms with E-state index < -0.39 is 0 Å². The average molecular weight is 237 g/mol. The molecule has 0 bridgehead atoms. The number of nitrogens with zero attached hydrogens (tertiary/aromatic N) is 4. The Hall–Kier alpha value is -1.43. The quantitative estimate of drug-likeness (QED) is 0.883. The molecule has 86 valence electrons. The Bertz CT molecular complexity index is 499. The molecule has 0 unspecified atom stereocenters. The molecule has 0 fully saturated rings. The third-order valence-corrected chi connectivity index (χ3v) is 3.63. The second-order valence-electron chi connectivity index (χ2n) is 3.70. The highest BCUT2D eigenvalue weighted by Crippen LogP contribution is 2.17. The third-order valence-electron chi connectivity index (χ3n) is 2.71. The van der Waals surface area contributed by atoms with Gasteiger partial charge in [0.25, 0.3) is 0 Å². The summed E-state index contributed by atoms with van der Waals surface area (Å²) < 4.78 is 1.98. The summed E-state index contributed by atoms with van der Waals surface area (Å²) in [5.74, 6) is 0. The SMILES string of the molecule is CNc1nnc(Cn2nc(C)c(C)c2C)s1. The van der Waals surface area contributed by atoms with Crippen LogP contribution in [0.4, 0.5) is 5.13 Å². The molecule has 0 aliphatic carbocycles. The zero-order valence-electron chi connectivity index (χ0n) is 9.90. The van der Waals surface area contributed by atoms with E-state index in [9.17, 15) is 0 Å². The third kappa shape index (κ3) is 1.92. The molecule has 0 saturated carbocycles. The first kappa shape index (κ1) is 11.1. The van der Waals surface area contributed by atoms with E-state index in [2.05, 4.69) is 34.5 Å². The minimum absolute atomic E-state index is 0.694. The zero-order chi connectivity index (χ0) is 11.7. The van der Waals surface area contributed by atoms with Gasteiger partial charge in [-0.15, -0.1) is 10.2 Å². The van der Waals surface area contributed by atoms with E-state index in [4.69, 9.17) is 0 Å². The van der Waals surface area contributed by atoms with Gasteiger partial charge in [-0.1, -0.05) is 11.3 Å². The lowest BCUT2D eigenvalue weighted by Crippen LogP contribution is -2.03. The van der Waals surface area contributed by atoms with Gasteiger partial charge in [0.05, 0.1) is 12.2 Å². The van der Waals surface area contributed by atoms with Gasteiger partial charge in [-0.3, -0.25) is 4.68 Å². The Morgan fingerprint density at radius 3 is 2.50 bits per heavy atom. The van der Waals surface area contributed by atoms with Gasteiger partial charge in [0, 0.05) is 12.7 Å². The molecule has 0 saturated heterocycles. The van der Waals surface area contributed by atoms with Gasteiger partial charge in [0.15, 0.2) is 0 Å². The van der Waals surface area contributed by atoms with E-state index in [0.717, 1.165) is 15.8 Å². The monoisotopic (exact) mass is 237 g/mol. The summed E-state index contributed by atoms with van der Waals surface area (Å²) in [4.78, 5) is 0. The lowest BCUT2D eigenvalue weighted by atomic mass is 10.2. The first-order valence-electron chi connectivity index (χ1n) is 5.12. The molecular weight excluding hydrogens is 222 g/mol. The number of hydrogen-bond donors (Lipinski definition) is 1. The van der Waals surface area contributed by atoms with Crippen molar-refractivity contribution >= 4 is 16.5 Å². The average Bonchev–Trinajstić information content (AvgIpc) is 2.81. The fraction of sp³-hybridized carbons (Fsp3) is 0.500. The predicted molar refractivity (Wildman–Crippen MR) is 65.0 cm³/mol. The fourth-order valence-electron chi connectivity index (χ4n) is 1.49. The molecule has 16 heavy (non-hydrogen) atoms. The lowest BCUT2D eigenvalue weighted by Gasteiger charge is -2.00. The van der Waals surface area contributed by atoms with E-state index in [1.807, 2.05) is 18.7 Å². The minimum Gasteiger partial charge on any atom is -0.363 e. The molecule has 0 aliphatic heterocycles. The highest BCUT2D eigenvalue weighted by molar-refractivity contribution is 7.15. The molecule has 0 atom stereocenters. The molecule has 2 aromatic rings. The van der Waals surface area contributed by atoms with Gasteiger partial charge in [-0.25, -0.2) is 0 Å². The second kappa shape index (κ2) is 4.21. The fourth-order valence-corrected chi connectivity index (χ4v) is 2.16. The normalized spacial score (nSPS) is 10.8. The Kier molecular flexibility index (Phi) is 2.91. The molecule has 0 aliphatic rings. The molecule has 1 N–H and O–H groups in total. The van der Waals surface area contributed by atoms with E-state index in [1.165, 1.54) is 11.3 Å². The van der Waals surface area contributed by atoms with Crippen LogP contribution in [0.2, 0.25) is 0 Å². The van der Waals surface area contributed by atoms with Crippen LogP contribution in [0.5, 0.6) is 0 Å². The summed E-state index contributed by atoms with van der Waals surface area (Å²) in [6.45, 7) is 6.89. The highest BCUT2D eigenvalue weighted by atomic mass is 32.1. The Labute approximate surface area is 98.5 Å². The molecule has 0 spiro atoms. The number of anilines is 1. The summed E-state index contributed by atoms with van der Waals surface area (Å²) >= 11 is 1.56. The lowest BCUT2D eigenvalue weighted by molar-refractivity contribution is 0.651. The van der Waals surface area contributed by atoms with E-state index in [1.54, 1.807) is 11.3 Å². The van der Waals surface area contributed by atoms with Crippen molar-refractivity contribution in [3.63, 3.8) is 0 Å². The van der Waals surface area contributed by atoms with E-state index in [-0.39, 0.29) is 0 Å². The maximum atomic E-state index is 4.48. The summed E-state index contributed by atoms with van der Waals surface area (Å²) in [6, 6.07) is 0. The smallest absolute Gasteiger partial charge is 0.205 e. The molecule has 2 heterocycles. The van der Waals surface area contributed by atoms with Crippen LogP contribution in [-0.4, -0.2) is 27.0 Å². The number of rotatable bonds is 3. The van der Waals surface area contributed by atoms with Gasteiger partial charge in [0.1, 0.15) is 5.01 Å². The van der Waals surface area contributed by atoms with Crippen LogP contribution in [0.25, 0.3) is 0 Å². The van der Waals surface area contributed by atoms with Gasteiger partial charge < -0.3 is 5.32 Å². The summed E-state index contributed by atoms with van der Waals surface area (Å²) in [7, 11) is 1.84. The molecular formula is C10H15N5S. The number of hydrogen-bond acceptors (Lipinski definition) is 5. The Morgan fingerprint density at radius 1 is 1.25 bits per heavy atom. The molecule has 0 aromatic carbocycles. The molecule has 0 amide bonds. The molecule has 0 radical (unpaired) electrons. The van der Waals surface area contributed by atoms with Crippen molar-refractivity contribution in [2.75, 3.05) is 12.4 Å². The van der Waals surface area contributed by atoms with Crippen molar-refractivity contribution in [1.82, 2.24) is 20.0 Å².